The standard InChI is InChI=1S/C34H31F2N7O7S2/c1-20-17-42(18-21(2)49-20)19-32-39-40-33(50-32)26-11-22(13-30-27(26)16-38-43(30)52(46,47)25-7-5-4-6-8-25)23-12-29(34(48-3)37-15-23)41-51(44,45)31-10-9-24(35)14-28(31)36/h4-16,20-21,41H,17-19H2,1-3H3. The number of fused-ring (bicyclic) bond motifs is 1. The van der Waals surface area contributed by atoms with Crippen molar-refractivity contribution < 1.29 is 39.5 Å². The molecule has 4 heterocycles. The summed E-state index contributed by atoms with van der Waals surface area (Å²) < 4.78 is 103. The highest BCUT2D eigenvalue weighted by Crippen LogP contribution is 2.37. The molecule has 0 spiro atoms. The summed E-state index contributed by atoms with van der Waals surface area (Å²) in [6.45, 7) is 5.65. The maximum absolute atomic E-state index is 14.5. The van der Waals surface area contributed by atoms with Crippen LogP contribution in [-0.4, -0.2) is 78.5 Å². The highest BCUT2D eigenvalue weighted by molar-refractivity contribution is 7.92. The van der Waals surface area contributed by atoms with Crippen molar-refractivity contribution in [1.82, 2.24) is 29.3 Å². The summed E-state index contributed by atoms with van der Waals surface area (Å²) in [5.41, 5.74) is 0.965. The molecule has 7 rings (SSSR count). The normalized spacial score (nSPS) is 17.0. The molecule has 0 bridgehead atoms. The zero-order valence-corrected chi connectivity index (χ0v) is 29.5. The highest BCUT2D eigenvalue weighted by atomic mass is 32.2. The smallest absolute Gasteiger partial charge is 0.283 e. The molecular formula is C34H31F2N7O7S2. The van der Waals surface area contributed by atoms with Crippen LogP contribution in [0.3, 0.4) is 0 Å². The number of pyridine rings is 1. The first-order chi connectivity index (χ1) is 24.8. The molecule has 1 N–H and O–H groups in total. The molecule has 14 nitrogen and oxygen atoms in total. The van der Waals surface area contributed by atoms with Crippen LogP contribution in [0.4, 0.5) is 14.5 Å². The number of anilines is 1. The molecule has 52 heavy (non-hydrogen) atoms. The third-order valence-corrected chi connectivity index (χ3v) is 11.3. The van der Waals surface area contributed by atoms with E-state index in [1.807, 2.05) is 13.8 Å². The van der Waals surface area contributed by atoms with Crippen molar-refractivity contribution in [2.24, 2.45) is 0 Å². The van der Waals surface area contributed by atoms with E-state index >= 15 is 0 Å². The van der Waals surface area contributed by atoms with Crippen LogP contribution in [0.5, 0.6) is 5.88 Å². The lowest BCUT2D eigenvalue weighted by atomic mass is 10.0. The molecule has 6 aromatic rings. The molecule has 0 radical (unpaired) electrons. The van der Waals surface area contributed by atoms with Gasteiger partial charge in [-0.15, -0.1) is 10.2 Å². The predicted molar refractivity (Wildman–Crippen MR) is 184 cm³/mol. The van der Waals surface area contributed by atoms with Crippen LogP contribution in [0, 0.1) is 11.6 Å². The number of aromatic nitrogens is 5. The summed E-state index contributed by atoms with van der Waals surface area (Å²) in [5.74, 6) is -1.98. The van der Waals surface area contributed by atoms with E-state index in [1.165, 1.54) is 37.7 Å². The van der Waals surface area contributed by atoms with Crippen LogP contribution in [0.25, 0.3) is 33.5 Å². The van der Waals surface area contributed by atoms with Gasteiger partial charge in [-0.05, 0) is 61.9 Å². The molecule has 0 saturated carbocycles. The van der Waals surface area contributed by atoms with Gasteiger partial charge in [0.1, 0.15) is 22.2 Å². The number of hydrogen-bond acceptors (Lipinski definition) is 12. The maximum Gasteiger partial charge on any atom is 0.283 e. The van der Waals surface area contributed by atoms with Gasteiger partial charge in [0.2, 0.25) is 17.7 Å². The number of hydrogen-bond donors (Lipinski definition) is 1. The van der Waals surface area contributed by atoms with Gasteiger partial charge in [-0.2, -0.15) is 17.6 Å². The second-order valence-electron chi connectivity index (χ2n) is 12.2. The first-order valence-corrected chi connectivity index (χ1v) is 18.8. The Hall–Kier alpha value is -5.30. The van der Waals surface area contributed by atoms with Crippen LogP contribution >= 0.6 is 0 Å². The van der Waals surface area contributed by atoms with Crippen LogP contribution in [0.1, 0.15) is 19.7 Å². The molecule has 0 amide bonds. The van der Waals surface area contributed by atoms with Crippen LogP contribution in [-0.2, 0) is 31.3 Å². The Morgan fingerprint density at radius 1 is 0.923 bits per heavy atom. The number of nitrogens with one attached hydrogen (secondary N) is 1. The van der Waals surface area contributed by atoms with Crippen LogP contribution < -0.4 is 9.46 Å². The summed E-state index contributed by atoms with van der Waals surface area (Å²) in [6, 6.07) is 14.4. The first kappa shape index (κ1) is 35.1. The van der Waals surface area contributed by atoms with E-state index in [-0.39, 0.29) is 40.1 Å². The largest absolute Gasteiger partial charge is 0.480 e. The van der Waals surface area contributed by atoms with E-state index in [9.17, 15) is 25.6 Å². The van der Waals surface area contributed by atoms with Gasteiger partial charge in [0, 0.05) is 36.3 Å². The Bertz CT molecular complexity index is 2500. The SMILES string of the molecule is COc1ncc(-c2cc(-c3nnc(CN4CC(C)OC(C)C4)o3)c3cnn(S(=O)(=O)c4ccccc4)c3c2)cc1NS(=O)(=O)c1ccc(F)cc1F. The molecule has 1 fully saturated rings. The summed E-state index contributed by atoms with van der Waals surface area (Å²) in [5, 5.41) is 13.2. The number of nitrogens with zero attached hydrogens (tertiary/aromatic N) is 6. The Morgan fingerprint density at radius 2 is 1.67 bits per heavy atom. The first-order valence-electron chi connectivity index (χ1n) is 15.9. The monoisotopic (exact) mass is 751 g/mol. The molecule has 2 atom stereocenters. The minimum atomic E-state index is -4.59. The summed E-state index contributed by atoms with van der Waals surface area (Å²) in [7, 11) is -7.52. The molecule has 270 valence electrons. The van der Waals surface area contributed by atoms with E-state index < -0.39 is 36.6 Å². The van der Waals surface area contributed by atoms with E-state index in [1.54, 1.807) is 30.3 Å². The fraction of sp³-hybridized carbons (Fsp3) is 0.235. The molecule has 3 aromatic heterocycles. The number of sulfonamides is 1. The Labute approximate surface area is 297 Å². The van der Waals surface area contributed by atoms with Crippen molar-refractivity contribution >= 4 is 36.6 Å². The molecule has 2 unspecified atom stereocenters. The zero-order valence-electron chi connectivity index (χ0n) is 27.9. The van der Waals surface area contributed by atoms with Crippen molar-refractivity contribution in [3.63, 3.8) is 0 Å². The molecular weight excluding hydrogens is 721 g/mol. The second kappa shape index (κ2) is 13.7. The van der Waals surface area contributed by atoms with Crippen molar-refractivity contribution in [1.29, 1.82) is 0 Å². The maximum atomic E-state index is 14.5. The second-order valence-corrected chi connectivity index (χ2v) is 15.6. The fourth-order valence-electron chi connectivity index (χ4n) is 6.10. The molecule has 0 aliphatic carbocycles. The topological polar surface area (TPSA) is 172 Å². The van der Waals surface area contributed by atoms with Gasteiger partial charge >= 0.3 is 0 Å². The Kier molecular flexibility index (Phi) is 9.24. The summed E-state index contributed by atoms with van der Waals surface area (Å²) in [4.78, 5) is 5.58. The van der Waals surface area contributed by atoms with Gasteiger partial charge in [0.05, 0.1) is 48.0 Å². The van der Waals surface area contributed by atoms with Crippen LogP contribution in [0.15, 0.2) is 93.3 Å². The number of benzene rings is 3. The number of ether oxygens (including phenoxy) is 2. The van der Waals surface area contributed by atoms with Gasteiger partial charge in [-0.25, -0.2) is 22.2 Å². The molecule has 1 aliphatic rings. The third-order valence-electron chi connectivity index (χ3n) is 8.28. The van der Waals surface area contributed by atoms with Gasteiger partial charge in [0.25, 0.3) is 20.0 Å². The van der Waals surface area contributed by atoms with Crippen LogP contribution in [0.2, 0.25) is 0 Å². The quantitative estimate of drug-likeness (QED) is 0.197. The average Bonchev–Trinajstić information content (AvgIpc) is 3.75. The van der Waals surface area contributed by atoms with E-state index in [0.29, 0.717) is 53.7 Å². The number of morpholine rings is 1. The van der Waals surface area contributed by atoms with Gasteiger partial charge < -0.3 is 13.9 Å². The van der Waals surface area contributed by atoms with E-state index in [4.69, 9.17) is 13.9 Å². The highest BCUT2D eigenvalue weighted by Gasteiger charge is 2.27. The lowest BCUT2D eigenvalue weighted by Gasteiger charge is -2.34. The van der Waals surface area contributed by atoms with Crippen molar-refractivity contribution in [2.75, 3.05) is 24.9 Å². The molecule has 1 aliphatic heterocycles. The number of halogens is 2. The minimum absolute atomic E-state index is 0.00294. The van der Waals surface area contributed by atoms with Crippen molar-refractivity contribution in [3.8, 4) is 28.5 Å². The zero-order chi connectivity index (χ0) is 36.8. The number of rotatable bonds is 10. The predicted octanol–water partition coefficient (Wildman–Crippen LogP) is 5.08. The Morgan fingerprint density at radius 3 is 2.38 bits per heavy atom. The summed E-state index contributed by atoms with van der Waals surface area (Å²) >= 11 is 0. The summed E-state index contributed by atoms with van der Waals surface area (Å²) in [6.07, 6.45) is 2.80. The minimum Gasteiger partial charge on any atom is -0.480 e. The lowest BCUT2D eigenvalue weighted by Crippen LogP contribution is -2.44. The molecule has 3 aromatic carbocycles. The number of methoxy groups -OCH3 is 1. The van der Waals surface area contributed by atoms with E-state index in [0.717, 1.165) is 16.2 Å². The van der Waals surface area contributed by atoms with Crippen molar-refractivity contribution in [2.45, 2.75) is 42.4 Å². The Balaban J connectivity index is 1.34. The molecule has 18 heteroatoms. The fourth-order valence-corrected chi connectivity index (χ4v) is 8.49. The lowest BCUT2D eigenvalue weighted by molar-refractivity contribution is -0.0721. The van der Waals surface area contributed by atoms with Gasteiger partial charge in [-0.3, -0.25) is 9.62 Å². The third kappa shape index (κ3) is 6.84. The molecule has 1 saturated heterocycles. The van der Waals surface area contributed by atoms with Crippen molar-refractivity contribution in [3.05, 3.63) is 96.6 Å². The average molecular weight is 752 g/mol. The van der Waals surface area contributed by atoms with Gasteiger partial charge in [-0.1, -0.05) is 18.2 Å². The van der Waals surface area contributed by atoms with Gasteiger partial charge in [0.15, 0.2) is 0 Å². The van der Waals surface area contributed by atoms with E-state index in [2.05, 4.69) is 29.9 Å².